The lowest BCUT2D eigenvalue weighted by Crippen LogP contribution is -2.41. The smallest absolute Gasteiger partial charge is 0.268 e. The molecule has 0 aliphatic heterocycles. The highest BCUT2D eigenvalue weighted by Crippen LogP contribution is 2.31. The molecule has 5 rings (SSSR count). The van der Waals surface area contributed by atoms with Crippen LogP contribution in [0, 0.1) is 5.41 Å². The number of fused-ring (bicyclic) bond motifs is 2. The van der Waals surface area contributed by atoms with Gasteiger partial charge in [-0.1, -0.05) is 54.6 Å². The summed E-state index contributed by atoms with van der Waals surface area (Å²) in [5.41, 5.74) is 16.0. The van der Waals surface area contributed by atoms with E-state index >= 15 is 0 Å². The summed E-state index contributed by atoms with van der Waals surface area (Å²) in [6, 6.07) is 20.5. The van der Waals surface area contributed by atoms with Crippen molar-refractivity contribution in [3.8, 4) is 0 Å². The van der Waals surface area contributed by atoms with Gasteiger partial charge in [-0.3, -0.25) is 10.2 Å². The van der Waals surface area contributed by atoms with Gasteiger partial charge in [0, 0.05) is 42.3 Å². The van der Waals surface area contributed by atoms with Crippen molar-refractivity contribution < 1.29 is 9.53 Å². The van der Waals surface area contributed by atoms with E-state index in [1.165, 1.54) is 0 Å². The fourth-order valence-electron chi connectivity index (χ4n) is 5.42. The number of hydrogen-bond donors (Lipinski definition) is 4. The van der Waals surface area contributed by atoms with Crippen LogP contribution in [0.25, 0.3) is 21.7 Å². The Kier molecular flexibility index (Phi) is 6.76. The Morgan fingerprint density at radius 2 is 1.81 bits per heavy atom. The van der Waals surface area contributed by atoms with Crippen LogP contribution in [-0.4, -0.2) is 35.5 Å². The number of amides is 1. The third-order valence-corrected chi connectivity index (χ3v) is 7.30. The molecule has 7 heteroatoms. The molecule has 1 amide bonds. The van der Waals surface area contributed by atoms with Crippen molar-refractivity contribution in [1.82, 2.24) is 9.88 Å². The van der Waals surface area contributed by atoms with Crippen LogP contribution >= 0.6 is 0 Å². The summed E-state index contributed by atoms with van der Waals surface area (Å²) in [4.78, 5) is 13.9. The van der Waals surface area contributed by atoms with Crippen LogP contribution in [0.4, 0.5) is 0 Å². The highest BCUT2D eigenvalue weighted by molar-refractivity contribution is 6.05. The number of nitrogens with zero attached hydrogens (tertiary/aromatic N) is 1. The van der Waals surface area contributed by atoms with Crippen molar-refractivity contribution in [2.24, 2.45) is 11.5 Å². The van der Waals surface area contributed by atoms with Crippen LogP contribution in [0.15, 0.2) is 60.7 Å². The molecule has 186 valence electrons. The summed E-state index contributed by atoms with van der Waals surface area (Å²) in [7, 11) is 1.64. The van der Waals surface area contributed by atoms with Crippen LogP contribution in [0.2, 0.25) is 0 Å². The first-order valence-corrected chi connectivity index (χ1v) is 12.5. The van der Waals surface area contributed by atoms with Gasteiger partial charge in [-0.15, -0.1) is 0 Å². The van der Waals surface area contributed by atoms with E-state index in [-0.39, 0.29) is 23.8 Å². The molecule has 1 heterocycles. The van der Waals surface area contributed by atoms with Crippen LogP contribution in [0.5, 0.6) is 0 Å². The molecule has 0 atom stereocenters. The number of rotatable bonds is 7. The van der Waals surface area contributed by atoms with E-state index < -0.39 is 0 Å². The number of nitrogen functional groups attached to an aromatic ring is 1. The van der Waals surface area contributed by atoms with Gasteiger partial charge in [0.1, 0.15) is 11.5 Å². The Bertz CT molecular complexity index is 1430. The van der Waals surface area contributed by atoms with Crippen LogP contribution in [0.1, 0.15) is 52.9 Å². The minimum Gasteiger partial charge on any atom is -0.384 e. The molecule has 7 nitrogen and oxygen atoms in total. The van der Waals surface area contributed by atoms with Crippen LogP contribution < -0.4 is 16.8 Å². The third-order valence-electron chi connectivity index (χ3n) is 7.30. The molecule has 0 saturated heterocycles. The number of carbonyl (C=O) groups is 1. The Balaban J connectivity index is 1.66. The number of benzene rings is 3. The van der Waals surface area contributed by atoms with Crippen LogP contribution in [0.3, 0.4) is 0 Å². The predicted octanol–water partition coefficient (Wildman–Crippen LogP) is 4.27. The molecule has 0 bridgehead atoms. The highest BCUT2D eigenvalue weighted by atomic mass is 16.5. The Hall–Kier alpha value is -3.68. The normalized spacial score (nSPS) is 17.9. The van der Waals surface area contributed by atoms with Crippen molar-refractivity contribution in [2.75, 3.05) is 7.11 Å². The topological polar surface area (TPSA) is 119 Å². The number of nitrogens with two attached hydrogens (primary N) is 2. The van der Waals surface area contributed by atoms with Gasteiger partial charge in [0.15, 0.2) is 0 Å². The Morgan fingerprint density at radius 3 is 2.56 bits per heavy atom. The maximum atomic E-state index is 13.9. The standard InChI is InChI=1S/C29H33N5O2/c1-36-17-25-24-14-9-19(28(31)32)15-26(24)34(16-20-7-4-6-18-5-2-3-8-23(18)20)27(25)29(35)33-22-12-10-21(30)11-13-22/h2-9,14-15,21-22H,10-13,16-17,30H2,1H3,(H3,31,32)(H,33,35). The first kappa shape index (κ1) is 24.0. The first-order valence-electron chi connectivity index (χ1n) is 12.5. The summed E-state index contributed by atoms with van der Waals surface area (Å²) in [5.74, 6) is -0.115. The zero-order chi connectivity index (χ0) is 25.2. The van der Waals surface area contributed by atoms with Gasteiger partial charge in [0.2, 0.25) is 0 Å². The number of hydrogen-bond acceptors (Lipinski definition) is 4. The van der Waals surface area contributed by atoms with Gasteiger partial charge < -0.3 is 26.1 Å². The summed E-state index contributed by atoms with van der Waals surface area (Å²) in [6.45, 7) is 0.804. The maximum Gasteiger partial charge on any atom is 0.268 e. The summed E-state index contributed by atoms with van der Waals surface area (Å²) in [6.07, 6.45) is 3.59. The van der Waals surface area contributed by atoms with Crippen molar-refractivity contribution in [3.63, 3.8) is 0 Å². The van der Waals surface area contributed by atoms with Gasteiger partial charge in [0.05, 0.1) is 12.1 Å². The molecule has 1 aliphatic carbocycles. The lowest BCUT2D eigenvalue weighted by molar-refractivity contribution is 0.0912. The highest BCUT2D eigenvalue weighted by Gasteiger charge is 2.27. The monoisotopic (exact) mass is 483 g/mol. The van der Waals surface area contributed by atoms with E-state index in [4.69, 9.17) is 21.6 Å². The second kappa shape index (κ2) is 10.1. The molecule has 6 N–H and O–H groups in total. The van der Waals surface area contributed by atoms with Gasteiger partial charge in [0.25, 0.3) is 5.91 Å². The van der Waals surface area contributed by atoms with E-state index in [1.807, 2.05) is 36.4 Å². The summed E-state index contributed by atoms with van der Waals surface area (Å²) >= 11 is 0. The molecule has 1 saturated carbocycles. The Morgan fingerprint density at radius 1 is 1.06 bits per heavy atom. The molecule has 1 aromatic heterocycles. The van der Waals surface area contributed by atoms with Crippen molar-refractivity contribution in [2.45, 2.75) is 50.9 Å². The third kappa shape index (κ3) is 4.59. The average Bonchev–Trinajstić information content (AvgIpc) is 3.18. The quantitative estimate of drug-likeness (QED) is 0.232. The molecule has 0 radical (unpaired) electrons. The first-order chi connectivity index (χ1) is 17.5. The zero-order valence-electron chi connectivity index (χ0n) is 20.6. The number of ether oxygens (including phenoxy) is 1. The molecule has 0 spiro atoms. The SMILES string of the molecule is COCc1c(C(=O)NC2CCC(N)CC2)n(Cc2cccc3ccccc23)c2cc(C(=N)N)ccc12. The van der Waals surface area contributed by atoms with E-state index in [0.29, 0.717) is 24.4 Å². The van der Waals surface area contributed by atoms with E-state index in [1.54, 1.807) is 7.11 Å². The predicted molar refractivity (Wildman–Crippen MR) is 144 cm³/mol. The second-order valence-corrected chi connectivity index (χ2v) is 9.72. The van der Waals surface area contributed by atoms with Crippen LogP contribution in [-0.2, 0) is 17.9 Å². The van der Waals surface area contributed by atoms with Crippen molar-refractivity contribution in [3.05, 3.63) is 83.0 Å². The minimum atomic E-state index is -0.108. The van der Waals surface area contributed by atoms with Gasteiger partial charge >= 0.3 is 0 Å². The zero-order valence-corrected chi connectivity index (χ0v) is 20.6. The number of amidine groups is 1. The average molecular weight is 484 g/mol. The molecule has 3 aromatic carbocycles. The number of carbonyl (C=O) groups excluding carboxylic acids is 1. The fraction of sp³-hybridized carbons (Fsp3) is 0.310. The minimum absolute atomic E-state index is 0.00681. The van der Waals surface area contributed by atoms with Crippen molar-refractivity contribution >= 4 is 33.4 Å². The molecule has 4 aromatic rings. The maximum absolute atomic E-state index is 13.9. The second-order valence-electron chi connectivity index (χ2n) is 9.72. The van der Waals surface area contributed by atoms with E-state index in [2.05, 4.69) is 34.1 Å². The number of methoxy groups -OCH3 is 1. The fourth-order valence-corrected chi connectivity index (χ4v) is 5.42. The molecular formula is C29H33N5O2. The van der Waals surface area contributed by atoms with Gasteiger partial charge in [-0.2, -0.15) is 0 Å². The molecule has 1 aliphatic rings. The summed E-state index contributed by atoms with van der Waals surface area (Å²) < 4.78 is 7.62. The van der Waals surface area contributed by atoms with Gasteiger partial charge in [-0.25, -0.2) is 0 Å². The number of aromatic nitrogens is 1. The number of nitrogens with one attached hydrogen (secondary N) is 2. The van der Waals surface area contributed by atoms with Gasteiger partial charge in [-0.05, 0) is 48.1 Å². The largest absolute Gasteiger partial charge is 0.384 e. The molecule has 0 unspecified atom stereocenters. The summed E-state index contributed by atoms with van der Waals surface area (Å²) in [5, 5.41) is 14.5. The molecule has 36 heavy (non-hydrogen) atoms. The molecule has 1 fully saturated rings. The van der Waals surface area contributed by atoms with Crippen molar-refractivity contribution in [1.29, 1.82) is 5.41 Å². The lowest BCUT2D eigenvalue weighted by atomic mass is 9.91. The Labute approximate surface area is 210 Å². The lowest BCUT2D eigenvalue weighted by Gasteiger charge is -2.27. The van der Waals surface area contributed by atoms with E-state index in [0.717, 1.165) is 58.5 Å². The molecular weight excluding hydrogens is 450 g/mol. The van der Waals surface area contributed by atoms with E-state index in [9.17, 15) is 4.79 Å².